The Labute approximate surface area is 222 Å². The number of ether oxygens (including phenoxy) is 1. The van der Waals surface area contributed by atoms with E-state index in [1.165, 1.54) is 12.1 Å². The minimum atomic E-state index is -0.510. The van der Waals surface area contributed by atoms with Gasteiger partial charge in [0.25, 0.3) is 5.91 Å². The zero-order valence-corrected chi connectivity index (χ0v) is 23.6. The third kappa shape index (κ3) is 9.54. The molecule has 2 rings (SSSR count). The number of pyridine rings is 1. The molecule has 1 N–H and O–H groups in total. The summed E-state index contributed by atoms with van der Waals surface area (Å²) in [5, 5.41) is 5.44. The topological polar surface area (TPSA) is 89.4 Å². The molecule has 0 aliphatic heterocycles. The Morgan fingerprint density at radius 1 is 1.11 bits per heavy atom. The monoisotopic (exact) mass is 543 g/mol. The summed E-state index contributed by atoms with van der Waals surface area (Å²) in [6, 6.07) is 4.89. The van der Waals surface area contributed by atoms with Crippen LogP contribution in [-0.2, 0) is 11.3 Å². The zero-order chi connectivity index (χ0) is 26.2. The first-order chi connectivity index (χ1) is 16.3. The van der Waals surface area contributed by atoms with E-state index in [9.17, 15) is 9.59 Å². The molecule has 0 aliphatic carbocycles. The Kier molecular flexibility index (Phi) is 10.7. The maximum Gasteiger partial charge on any atom is 0.410 e. The minimum absolute atomic E-state index is 0.0532. The summed E-state index contributed by atoms with van der Waals surface area (Å²) in [5.74, 6) is -0.367. The fourth-order valence-corrected chi connectivity index (χ4v) is 4.53. The number of carbonyl (C=O) groups excluding carboxylic acids is 2. The molecule has 0 spiro atoms. The summed E-state index contributed by atoms with van der Waals surface area (Å²) in [6.07, 6.45) is 5.45. The Morgan fingerprint density at radius 3 is 2.46 bits per heavy atom. The van der Waals surface area contributed by atoms with Gasteiger partial charge >= 0.3 is 6.09 Å². The molecular weight excluding hydrogens is 509 g/mol. The molecule has 0 unspecified atom stereocenters. The molecular formula is C24H35Cl2N5O3S. The highest BCUT2D eigenvalue weighted by molar-refractivity contribution is 7.97. The first-order valence-electron chi connectivity index (χ1n) is 11.7. The number of aromatic nitrogens is 3. The molecule has 0 bridgehead atoms. The number of hydrogen-bond donors (Lipinski definition) is 1. The van der Waals surface area contributed by atoms with Crippen LogP contribution in [0.3, 0.4) is 0 Å². The van der Waals surface area contributed by atoms with E-state index in [1.54, 1.807) is 4.90 Å². The molecule has 0 saturated heterocycles. The van der Waals surface area contributed by atoms with Crippen molar-refractivity contribution in [1.29, 1.82) is 0 Å². The predicted octanol–water partition coefficient (Wildman–Crippen LogP) is 6.62. The smallest absolute Gasteiger partial charge is 0.410 e. The Morgan fingerprint density at radius 2 is 1.83 bits per heavy atom. The van der Waals surface area contributed by atoms with Gasteiger partial charge in [-0.25, -0.2) is 9.78 Å². The Balaban J connectivity index is 1.75. The maximum atomic E-state index is 12.6. The predicted molar refractivity (Wildman–Crippen MR) is 141 cm³/mol. The van der Waals surface area contributed by atoms with Gasteiger partial charge in [-0.15, -0.1) is 0 Å². The van der Waals surface area contributed by atoms with Crippen LogP contribution in [0.15, 0.2) is 29.4 Å². The minimum Gasteiger partial charge on any atom is -0.444 e. The summed E-state index contributed by atoms with van der Waals surface area (Å²) in [6.45, 7) is 13.2. The highest BCUT2D eigenvalue weighted by atomic mass is 35.5. The van der Waals surface area contributed by atoms with E-state index in [-0.39, 0.29) is 33.4 Å². The van der Waals surface area contributed by atoms with Gasteiger partial charge in [-0.3, -0.25) is 14.2 Å². The lowest BCUT2D eigenvalue weighted by Gasteiger charge is -2.39. The number of unbranched alkanes of at least 4 members (excludes halogenated alkanes) is 2. The molecule has 0 fully saturated rings. The van der Waals surface area contributed by atoms with Crippen LogP contribution >= 0.6 is 35.1 Å². The van der Waals surface area contributed by atoms with E-state index in [2.05, 4.69) is 28.7 Å². The summed E-state index contributed by atoms with van der Waals surface area (Å²) in [5.41, 5.74) is -0.545. The van der Waals surface area contributed by atoms with Gasteiger partial charge in [0, 0.05) is 36.8 Å². The highest BCUT2D eigenvalue weighted by Gasteiger charge is 2.32. The average molecular weight is 545 g/mol. The van der Waals surface area contributed by atoms with Crippen LogP contribution in [0.4, 0.5) is 4.79 Å². The van der Waals surface area contributed by atoms with Crippen LogP contribution in [0.25, 0.3) is 0 Å². The van der Waals surface area contributed by atoms with Crippen molar-refractivity contribution in [3.63, 3.8) is 0 Å². The van der Waals surface area contributed by atoms with Crippen molar-refractivity contribution >= 4 is 47.2 Å². The number of amides is 2. The van der Waals surface area contributed by atoms with Gasteiger partial charge in [0.15, 0.2) is 0 Å². The number of carbonyl (C=O) groups is 2. The van der Waals surface area contributed by atoms with E-state index in [0.29, 0.717) is 11.6 Å². The Hall–Kier alpha value is -1.97. The van der Waals surface area contributed by atoms with Gasteiger partial charge in [-0.2, -0.15) is 5.10 Å². The van der Waals surface area contributed by atoms with Crippen molar-refractivity contribution in [2.45, 2.75) is 89.9 Å². The van der Waals surface area contributed by atoms with E-state index in [0.717, 1.165) is 44.2 Å². The summed E-state index contributed by atoms with van der Waals surface area (Å²) >= 11 is 12.9. The summed E-state index contributed by atoms with van der Waals surface area (Å²) in [4.78, 5) is 30.5. The summed E-state index contributed by atoms with van der Waals surface area (Å²) in [7, 11) is 0. The van der Waals surface area contributed by atoms with Crippen LogP contribution in [-0.4, -0.2) is 49.3 Å². The van der Waals surface area contributed by atoms with Crippen molar-refractivity contribution in [2.75, 3.05) is 6.54 Å². The second-order valence-electron chi connectivity index (χ2n) is 9.77. The van der Waals surface area contributed by atoms with Crippen LogP contribution < -0.4 is 4.72 Å². The molecule has 0 aromatic carbocycles. The fourth-order valence-electron chi connectivity index (χ4n) is 3.52. The number of aryl methyl sites for hydroxylation is 1. The molecule has 11 heteroatoms. The number of rotatable bonds is 11. The second-order valence-corrected chi connectivity index (χ2v) is 11.3. The molecule has 194 valence electrons. The first kappa shape index (κ1) is 29.3. The molecule has 2 aromatic heterocycles. The SMILES string of the molecule is CCN(C(=O)OC(C)(C)C)C(C)(C)CCCCCn1ccc(SNC(=O)c2ccc(Cl)nc2Cl)n1. The van der Waals surface area contributed by atoms with Crippen molar-refractivity contribution in [1.82, 2.24) is 24.4 Å². The van der Waals surface area contributed by atoms with Gasteiger partial charge in [0.1, 0.15) is 20.9 Å². The third-order valence-corrected chi connectivity index (χ3v) is 6.47. The third-order valence-electron chi connectivity index (χ3n) is 5.26. The van der Waals surface area contributed by atoms with Crippen LogP contribution in [0.1, 0.15) is 77.6 Å². The molecule has 0 aliphatic rings. The standard InChI is InChI=1S/C24H35Cl2N5O3S/c1-7-31(22(33)34-23(2,3)4)24(5,6)14-9-8-10-15-30-16-13-19(28-30)35-29-21(32)17-11-12-18(25)27-20(17)26/h11-13,16H,7-10,14-15H2,1-6H3,(H,29,32). The van der Waals surface area contributed by atoms with Crippen molar-refractivity contribution < 1.29 is 14.3 Å². The van der Waals surface area contributed by atoms with Gasteiger partial charge in [0.05, 0.1) is 5.56 Å². The fraction of sp³-hybridized carbons (Fsp3) is 0.583. The van der Waals surface area contributed by atoms with Crippen molar-refractivity contribution in [3.8, 4) is 0 Å². The van der Waals surface area contributed by atoms with E-state index in [1.807, 2.05) is 44.6 Å². The highest BCUT2D eigenvalue weighted by Crippen LogP contribution is 2.25. The van der Waals surface area contributed by atoms with Crippen LogP contribution in [0.5, 0.6) is 0 Å². The lowest BCUT2D eigenvalue weighted by Crippen LogP contribution is -2.49. The molecule has 0 atom stereocenters. The molecule has 2 amide bonds. The maximum absolute atomic E-state index is 12.6. The lowest BCUT2D eigenvalue weighted by molar-refractivity contribution is 0.00282. The van der Waals surface area contributed by atoms with E-state index >= 15 is 0 Å². The quantitative estimate of drug-likeness (QED) is 0.194. The normalized spacial score (nSPS) is 11.9. The summed E-state index contributed by atoms with van der Waals surface area (Å²) < 4.78 is 10.1. The molecule has 2 heterocycles. The number of halogens is 2. The van der Waals surface area contributed by atoms with Gasteiger partial charge in [-0.1, -0.05) is 36.0 Å². The number of nitrogens with zero attached hydrogens (tertiary/aromatic N) is 4. The van der Waals surface area contributed by atoms with Gasteiger partial charge in [-0.05, 0) is 72.6 Å². The molecule has 8 nitrogen and oxygen atoms in total. The van der Waals surface area contributed by atoms with Crippen LogP contribution in [0.2, 0.25) is 10.3 Å². The van der Waals surface area contributed by atoms with Gasteiger partial charge < -0.3 is 9.64 Å². The van der Waals surface area contributed by atoms with Crippen molar-refractivity contribution in [2.24, 2.45) is 0 Å². The first-order valence-corrected chi connectivity index (χ1v) is 13.2. The van der Waals surface area contributed by atoms with E-state index in [4.69, 9.17) is 27.9 Å². The van der Waals surface area contributed by atoms with Crippen molar-refractivity contribution in [3.05, 3.63) is 40.3 Å². The van der Waals surface area contributed by atoms with Crippen LogP contribution in [0, 0.1) is 0 Å². The number of hydrogen-bond acceptors (Lipinski definition) is 6. The average Bonchev–Trinajstić information content (AvgIpc) is 3.18. The molecule has 0 radical (unpaired) electrons. The van der Waals surface area contributed by atoms with Gasteiger partial charge in [0.2, 0.25) is 0 Å². The molecule has 35 heavy (non-hydrogen) atoms. The zero-order valence-electron chi connectivity index (χ0n) is 21.2. The largest absolute Gasteiger partial charge is 0.444 e. The second kappa shape index (κ2) is 12.8. The Bertz CT molecular complexity index is 1010. The molecule has 2 aromatic rings. The van der Waals surface area contributed by atoms with E-state index < -0.39 is 5.60 Å². The molecule has 0 saturated carbocycles. The lowest BCUT2D eigenvalue weighted by atomic mass is 9.94. The number of nitrogens with one attached hydrogen (secondary N) is 1.